The number of benzene rings is 3. The Morgan fingerprint density at radius 3 is 2.22 bits per heavy atom. The number of para-hydroxylation sites is 2. The number of anilines is 2. The number of alkyl halides is 1. The van der Waals surface area contributed by atoms with Crippen molar-refractivity contribution >= 4 is 23.4 Å². The number of fused-ring (bicyclic) bond motifs is 1. The summed E-state index contributed by atoms with van der Waals surface area (Å²) in [4.78, 5) is 26.2. The highest BCUT2D eigenvalue weighted by atomic mass is 19.1. The summed E-state index contributed by atoms with van der Waals surface area (Å²) in [6, 6.07) is 23.9. The largest absolute Gasteiger partial charge is 0.482 e. The van der Waals surface area contributed by atoms with Crippen molar-refractivity contribution in [2.45, 2.75) is 38.3 Å². The van der Waals surface area contributed by atoms with Crippen LogP contribution >= 0.6 is 0 Å². The van der Waals surface area contributed by atoms with Gasteiger partial charge in [-0.3, -0.25) is 0 Å². The third kappa shape index (κ3) is 6.22. The molecule has 3 aromatic rings. The predicted octanol–water partition coefficient (Wildman–Crippen LogP) is 6.19. The molecule has 3 aromatic carbocycles. The molecule has 1 amide bonds. The van der Waals surface area contributed by atoms with Gasteiger partial charge in [-0.15, -0.1) is 0 Å². The summed E-state index contributed by atoms with van der Waals surface area (Å²) in [5, 5.41) is 0. The molecule has 1 aliphatic rings. The molecule has 1 unspecified atom stereocenters. The van der Waals surface area contributed by atoms with Gasteiger partial charge in [0.05, 0.1) is 24.6 Å². The van der Waals surface area contributed by atoms with Crippen LogP contribution in [0.2, 0.25) is 0 Å². The highest BCUT2D eigenvalue weighted by Crippen LogP contribution is 2.38. The van der Waals surface area contributed by atoms with E-state index in [1.807, 2.05) is 66.7 Å². The van der Waals surface area contributed by atoms with Crippen LogP contribution in [0.5, 0.6) is 5.75 Å². The first kappa shape index (κ1) is 25.2. The van der Waals surface area contributed by atoms with Gasteiger partial charge in [-0.2, -0.15) is 0 Å². The standard InChI is InChI=1S/C29H30FNO5/c1-2-34-27(32)21-36-26-15-9-10-22-20-29(30,17-16-25(22)26)18-19-35-28(33)31(23-11-5-3-6-12-23)24-13-7-4-8-14-24/h3-15H,2,16-21H2,1H3. The van der Waals surface area contributed by atoms with E-state index in [0.717, 1.165) is 11.1 Å². The number of hydrogen-bond donors (Lipinski definition) is 0. The van der Waals surface area contributed by atoms with Crippen LogP contribution in [0, 0.1) is 0 Å². The van der Waals surface area contributed by atoms with Crippen molar-refractivity contribution < 1.29 is 28.2 Å². The van der Waals surface area contributed by atoms with Crippen LogP contribution in [-0.4, -0.2) is 37.6 Å². The maximum atomic E-state index is 15.8. The number of hydrogen-bond acceptors (Lipinski definition) is 5. The molecule has 1 atom stereocenters. The molecule has 1 aliphatic carbocycles. The molecule has 188 valence electrons. The lowest BCUT2D eigenvalue weighted by atomic mass is 9.79. The minimum atomic E-state index is -1.50. The number of halogens is 1. The second-order valence-corrected chi connectivity index (χ2v) is 8.69. The number of carbonyl (C=O) groups is 2. The van der Waals surface area contributed by atoms with E-state index in [1.165, 1.54) is 4.90 Å². The third-order valence-corrected chi connectivity index (χ3v) is 6.20. The molecule has 0 saturated heterocycles. The topological polar surface area (TPSA) is 65.1 Å². The summed E-state index contributed by atoms with van der Waals surface area (Å²) in [5.74, 6) is 0.142. The normalized spacial score (nSPS) is 16.5. The summed E-state index contributed by atoms with van der Waals surface area (Å²) in [6.07, 6.45) is 0.472. The van der Waals surface area contributed by atoms with E-state index < -0.39 is 17.7 Å². The van der Waals surface area contributed by atoms with Crippen LogP contribution in [-0.2, 0) is 27.1 Å². The fourth-order valence-electron chi connectivity index (χ4n) is 4.43. The van der Waals surface area contributed by atoms with Crippen LogP contribution in [0.3, 0.4) is 0 Å². The molecular weight excluding hydrogens is 461 g/mol. The number of nitrogens with zero attached hydrogens (tertiary/aromatic N) is 1. The van der Waals surface area contributed by atoms with Crippen LogP contribution < -0.4 is 9.64 Å². The average molecular weight is 492 g/mol. The molecule has 0 radical (unpaired) electrons. The van der Waals surface area contributed by atoms with Gasteiger partial charge in [0, 0.05) is 12.8 Å². The monoisotopic (exact) mass is 491 g/mol. The summed E-state index contributed by atoms with van der Waals surface area (Å²) in [6.45, 7) is 1.81. The first-order chi connectivity index (χ1) is 17.5. The fraction of sp³-hybridized carbons (Fsp3) is 0.310. The maximum Gasteiger partial charge on any atom is 0.418 e. The third-order valence-electron chi connectivity index (χ3n) is 6.20. The molecule has 0 aliphatic heterocycles. The molecular formula is C29H30FNO5. The van der Waals surface area contributed by atoms with Gasteiger partial charge in [0.1, 0.15) is 11.4 Å². The van der Waals surface area contributed by atoms with Gasteiger partial charge in [-0.05, 0) is 61.2 Å². The lowest BCUT2D eigenvalue weighted by Crippen LogP contribution is -2.34. The van der Waals surface area contributed by atoms with Crippen LogP contribution in [0.15, 0.2) is 78.9 Å². The van der Waals surface area contributed by atoms with Gasteiger partial charge < -0.3 is 14.2 Å². The zero-order valence-corrected chi connectivity index (χ0v) is 20.3. The lowest BCUT2D eigenvalue weighted by Gasteiger charge is -2.32. The number of amides is 1. The van der Waals surface area contributed by atoms with Crippen LogP contribution in [0.4, 0.5) is 20.6 Å². The predicted molar refractivity (Wildman–Crippen MR) is 135 cm³/mol. The molecule has 0 spiro atoms. The minimum Gasteiger partial charge on any atom is -0.482 e. The molecule has 36 heavy (non-hydrogen) atoms. The molecule has 0 N–H and O–H groups in total. The minimum absolute atomic E-state index is 0.0418. The average Bonchev–Trinajstić information content (AvgIpc) is 2.89. The quantitative estimate of drug-likeness (QED) is 0.334. The lowest BCUT2D eigenvalue weighted by molar-refractivity contribution is -0.145. The van der Waals surface area contributed by atoms with E-state index in [4.69, 9.17) is 14.2 Å². The maximum absolute atomic E-state index is 15.8. The van der Waals surface area contributed by atoms with Gasteiger partial charge in [0.2, 0.25) is 0 Å². The summed E-state index contributed by atoms with van der Waals surface area (Å²) in [5.41, 5.74) is 1.59. The Balaban J connectivity index is 1.38. The Kier molecular flexibility index (Phi) is 8.21. The zero-order chi connectivity index (χ0) is 25.4. The SMILES string of the molecule is CCOC(=O)COc1cccc2c1CCC(F)(CCOC(=O)N(c1ccccc1)c1ccccc1)C2. The van der Waals surface area contributed by atoms with Crippen molar-refractivity contribution in [3.05, 3.63) is 90.0 Å². The van der Waals surface area contributed by atoms with Crippen LogP contribution in [0.25, 0.3) is 0 Å². The number of rotatable bonds is 9. The van der Waals surface area contributed by atoms with E-state index >= 15 is 4.39 Å². The van der Waals surface area contributed by atoms with E-state index in [0.29, 0.717) is 30.2 Å². The second kappa shape index (κ2) is 11.7. The summed E-state index contributed by atoms with van der Waals surface area (Å²) < 4.78 is 31.9. The molecule has 0 aromatic heterocycles. The van der Waals surface area contributed by atoms with Crippen molar-refractivity contribution in [3.8, 4) is 5.75 Å². The Morgan fingerprint density at radius 2 is 1.58 bits per heavy atom. The van der Waals surface area contributed by atoms with Crippen molar-refractivity contribution in [1.82, 2.24) is 0 Å². The van der Waals surface area contributed by atoms with E-state index in [9.17, 15) is 9.59 Å². The number of carbonyl (C=O) groups excluding carboxylic acids is 2. The van der Waals surface area contributed by atoms with E-state index in [2.05, 4.69) is 0 Å². The second-order valence-electron chi connectivity index (χ2n) is 8.69. The van der Waals surface area contributed by atoms with Gasteiger partial charge in [-0.25, -0.2) is 18.9 Å². The smallest absolute Gasteiger partial charge is 0.418 e. The molecule has 6 nitrogen and oxygen atoms in total. The number of esters is 1. The number of ether oxygens (including phenoxy) is 3. The molecule has 0 saturated carbocycles. The van der Waals surface area contributed by atoms with Gasteiger partial charge >= 0.3 is 12.1 Å². The molecule has 0 heterocycles. The molecule has 0 bridgehead atoms. The van der Waals surface area contributed by atoms with Gasteiger partial charge in [0.25, 0.3) is 0 Å². The van der Waals surface area contributed by atoms with Crippen molar-refractivity contribution in [2.75, 3.05) is 24.7 Å². The molecule has 4 rings (SSSR count). The Labute approximate surface area is 210 Å². The fourth-order valence-corrected chi connectivity index (χ4v) is 4.43. The van der Waals surface area contributed by atoms with Gasteiger partial charge in [0.15, 0.2) is 6.61 Å². The molecule has 0 fully saturated rings. The van der Waals surface area contributed by atoms with Gasteiger partial charge in [-0.1, -0.05) is 48.5 Å². The summed E-state index contributed by atoms with van der Waals surface area (Å²) >= 11 is 0. The Morgan fingerprint density at radius 1 is 0.917 bits per heavy atom. The first-order valence-electron chi connectivity index (χ1n) is 12.1. The molecule has 7 heteroatoms. The van der Waals surface area contributed by atoms with E-state index in [-0.39, 0.29) is 32.5 Å². The highest BCUT2D eigenvalue weighted by Gasteiger charge is 2.36. The Hall–Kier alpha value is -3.87. The van der Waals surface area contributed by atoms with Crippen molar-refractivity contribution in [2.24, 2.45) is 0 Å². The van der Waals surface area contributed by atoms with Crippen molar-refractivity contribution in [3.63, 3.8) is 0 Å². The van der Waals surface area contributed by atoms with E-state index in [1.54, 1.807) is 19.1 Å². The van der Waals surface area contributed by atoms with Crippen molar-refractivity contribution in [1.29, 1.82) is 0 Å². The Bertz CT molecular complexity index is 1130. The van der Waals surface area contributed by atoms with Crippen LogP contribution in [0.1, 0.15) is 30.9 Å². The highest BCUT2D eigenvalue weighted by molar-refractivity contribution is 5.95. The zero-order valence-electron chi connectivity index (χ0n) is 20.3. The summed E-state index contributed by atoms with van der Waals surface area (Å²) in [7, 11) is 0. The first-order valence-corrected chi connectivity index (χ1v) is 12.1.